The smallest absolute Gasteiger partial charge is 0.229 e. The van der Waals surface area contributed by atoms with Gasteiger partial charge in [0, 0.05) is 30.3 Å². The highest BCUT2D eigenvalue weighted by atomic mass is 16.7. The van der Waals surface area contributed by atoms with E-state index in [2.05, 4.69) is 4.98 Å². The van der Waals surface area contributed by atoms with Gasteiger partial charge < -0.3 is 19.1 Å². The van der Waals surface area contributed by atoms with E-state index in [-0.39, 0.29) is 30.3 Å². The number of hydrogen-bond donors (Lipinski definition) is 0. The number of aromatic nitrogens is 1. The van der Waals surface area contributed by atoms with Gasteiger partial charge in [0.2, 0.25) is 5.91 Å². The van der Waals surface area contributed by atoms with Crippen molar-refractivity contribution < 1.29 is 19.0 Å². The summed E-state index contributed by atoms with van der Waals surface area (Å²) in [6.45, 7) is 13.7. The number of hydrogen-bond acceptors (Lipinski definition) is 5. The number of carbonyl (C=O) groups excluding carboxylic acids is 1. The molecule has 2 rings (SSSR count). The van der Waals surface area contributed by atoms with Crippen LogP contribution in [0.25, 0.3) is 0 Å². The highest BCUT2D eigenvalue weighted by Gasteiger charge is 2.28. The third kappa shape index (κ3) is 5.95. The minimum absolute atomic E-state index is 0.0796. The van der Waals surface area contributed by atoms with Crippen molar-refractivity contribution in [3.05, 3.63) is 24.0 Å². The van der Waals surface area contributed by atoms with Gasteiger partial charge in [-0.25, -0.2) is 0 Å². The molecule has 0 unspecified atom stereocenters. The Kier molecular flexibility index (Phi) is 7.01. The van der Waals surface area contributed by atoms with Crippen LogP contribution in [0.5, 0.6) is 5.75 Å². The van der Waals surface area contributed by atoms with Crippen molar-refractivity contribution in [2.24, 2.45) is 5.92 Å². The average molecular weight is 364 g/mol. The fraction of sp³-hybridized carbons (Fsp3) is 0.700. The summed E-state index contributed by atoms with van der Waals surface area (Å²) in [7, 11) is 0. The first kappa shape index (κ1) is 20.6. The van der Waals surface area contributed by atoms with E-state index in [9.17, 15) is 4.79 Å². The lowest BCUT2D eigenvalue weighted by Crippen LogP contribution is -2.43. The Hall–Kier alpha value is -1.66. The van der Waals surface area contributed by atoms with Crippen LogP contribution in [0.15, 0.2) is 18.3 Å². The van der Waals surface area contributed by atoms with Crippen molar-refractivity contribution >= 4 is 5.91 Å². The molecular weight excluding hydrogens is 332 g/mol. The maximum atomic E-state index is 12.6. The first-order valence-corrected chi connectivity index (χ1v) is 9.34. The summed E-state index contributed by atoms with van der Waals surface area (Å²) in [5.41, 5.74) is 0.719. The van der Waals surface area contributed by atoms with E-state index < -0.39 is 5.79 Å². The van der Waals surface area contributed by atoms with Crippen LogP contribution in [0, 0.1) is 5.92 Å². The van der Waals surface area contributed by atoms with Crippen molar-refractivity contribution in [3.63, 3.8) is 0 Å². The molecule has 2 heterocycles. The van der Waals surface area contributed by atoms with Gasteiger partial charge in [-0.05, 0) is 47.6 Å². The molecule has 0 spiro atoms. The summed E-state index contributed by atoms with van der Waals surface area (Å²) in [6.07, 6.45) is 1.96. The minimum atomic E-state index is -0.514. The van der Waals surface area contributed by atoms with E-state index in [1.807, 2.05) is 58.6 Å². The van der Waals surface area contributed by atoms with Crippen LogP contribution >= 0.6 is 0 Å². The van der Waals surface area contributed by atoms with Crippen molar-refractivity contribution in [3.8, 4) is 5.75 Å². The third-order valence-electron chi connectivity index (χ3n) is 4.34. The predicted molar refractivity (Wildman–Crippen MR) is 100 cm³/mol. The normalized spacial score (nSPS) is 17.5. The van der Waals surface area contributed by atoms with Crippen LogP contribution in [0.3, 0.4) is 0 Å². The molecule has 0 atom stereocenters. The number of rotatable bonds is 7. The second-order valence-corrected chi connectivity index (χ2v) is 7.85. The first-order chi connectivity index (χ1) is 12.2. The molecule has 1 fully saturated rings. The Balaban J connectivity index is 1.90. The van der Waals surface area contributed by atoms with Gasteiger partial charge in [0.05, 0.1) is 31.9 Å². The van der Waals surface area contributed by atoms with Gasteiger partial charge in [0.15, 0.2) is 5.79 Å². The molecule has 1 amide bonds. The molecule has 1 aliphatic rings. The standard InChI is InChI=1S/C20H32N2O4/c1-14(2)22(15(3)4)19(23)10-17-9-18(7-8-21-17)24-11-16-12-25-20(5,6)26-13-16/h7-9,14-16H,10-13H2,1-6H3. The summed E-state index contributed by atoms with van der Waals surface area (Å²) in [6, 6.07) is 3.98. The number of amides is 1. The molecule has 0 bridgehead atoms. The molecule has 1 aromatic heterocycles. The number of ether oxygens (including phenoxy) is 3. The molecule has 0 radical (unpaired) electrons. The molecule has 0 aromatic carbocycles. The largest absolute Gasteiger partial charge is 0.493 e. The molecule has 1 aromatic rings. The van der Waals surface area contributed by atoms with Crippen LogP contribution in [0.1, 0.15) is 47.2 Å². The van der Waals surface area contributed by atoms with Crippen molar-refractivity contribution in [2.75, 3.05) is 19.8 Å². The summed E-state index contributed by atoms with van der Waals surface area (Å²) in [4.78, 5) is 18.8. The monoisotopic (exact) mass is 364 g/mol. The van der Waals surface area contributed by atoms with Gasteiger partial charge in [-0.2, -0.15) is 0 Å². The Bertz CT molecular complexity index is 583. The second kappa shape index (κ2) is 8.82. The lowest BCUT2D eigenvalue weighted by molar-refractivity contribution is -0.264. The fourth-order valence-corrected chi connectivity index (χ4v) is 3.10. The third-order valence-corrected chi connectivity index (χ3v) is 4.34. The number of carbonyl (C=O) groups is 1. The summed E-state index contributed by atoms with van der Waals surface area (Å²) in [5.74, 6) is 0.474. The van der Waals surface area contributed by atoms with Crippen molar-refractivity contribution in [2.45, 2.75) is 65.8 Å². The zero-order valence-corrected chi connectivity index (χ0v) is 16.8. The van der Waals surface area contributed by atoms with E-state index in [0.29, 0.717) is 25.6 Å². The molecule has 146 valence electrons. The summed E-state index contributed by atoms with van der Waals surface area (Å²) in [5, 5.41) is 0. The first-order valence-electron chi connectivity index (χ1n) is 9.34. The topological polar surface area (TPSA) is 60.9 Å². The van der Waals surface area contributed by atoms with Crippen LogP contribution in [-0.2, 0) is 20.7 Å². The quantitative estimate of drug-likeness (QED) is 0.744. The lowest BCUT2D eigenvalue weighted by Gasteiger charge is -2.34. The Labute approximate surface area is 156 Å². The zero-order chi connectivity index (χ0) is 19.3. The Morgan fingerprint density at radius 2 is 1.88 bits per heavy atom. The minimum Gasteiger partial charge on any atom is -0.493 e. The van der Waals surface area contributed by atoms with Gasteiger partial charge >= 0.3 is 0 Å². The molecular formula is C20H32N2O4. The van der Waals surface area contributed by atoms with E-state index in [4.69, 9.17) is 14.2 Å². The van der Waals surface area contributed by atoms with Gasteiger partial charge in [-0.3, -0.25) is 9.78 Å². The van der Waals surface area contributed by atoms with E-state index in [0.717, 1.165) is 5.69 Å². The number of pyridine rings is 1. The van der Waals surface area contributed by atoms with Gasteiger partial charge in [-0.1, -0.05) is 0 Å². The maximum Gasteiger partial charge on any atom is 0.229 e. The average Bonchev–Trinajstić information content (AvgIpc) is 2.53. The van der Waals surface area contributed by atoms with Crippen LogP contribution < -0.4 is 4.74 Å². The predicted octanol–water partition coefficient (Wildman–Crippen LogP) is 3.05. The SMILES string of the molecule is CC(C)N(C(=O)Cc1cc(OCC2COC(C)(C)OC2)ccn1)C(C)C. The van der Waals surface area contributed by atoms with Gasteiger partial charge in [0.1, 0.15) is 5.75 Å². The highest BCUT2D eigenvalue weighted by Crippen LogP contribution is 2.21. The van der Waals surface area contributed by atoms with E-state index in [1.54, 1.807) is 6.20 Å². The zero-order valence-electron chi connectivity index (χ0n) is 16.8. The summed E-state index contributed by atoms with van der Waals surface area (Å²) >= 11 is 0. The second-order valence-electron chi connectivity index (χ2n) is 7.85. The molecule has 0 N–H and O–H groups in total. The van der Waals surface area contributed by atoms with Crippen LogP contribution in [0.2, 0.25) is 0 Å². The van der Waals surface area contributed by atoms with Gasteiger partial charge in [0.25, 0.3) is 0 Å². The lowest BCUT2D eigenvalue weighted by atomic mass is 10.1. The fourth-order valence-electron chi connectivity index (χ4n) is 3.10. The highest BCUT2D eigenvalue weighted by molar-refractivity contribution is 5.79. The van der Waals surface area contributed by atoms with E-state index in [1.165, 1.54) is 0 Å². The molecule has 1 saturated heterocycles. The molecule has 0 aliphatic carbocycles. The Morgan fingerprint density at radius 3 is 2.46 bits per heavy atom. The molecule has 1 aliphatic heterocycles. The van der Waals surface area contributed by atoms with Crippen LogP contribution in [-0.4, -0.2) is 53.5 Å². The van der Waals surface area contributed by atoms with Crippen molar-refractivity contribution in [1.82, 2.24) is 9.88 Å². The molecule has 6 heteroatoms. The summed E-state index contributed by atoms with van der Waals surface area (Å²) < 4.78 is 17.2. The number of nitrogens with zero attached hydrogens (tertiary/aromatic N) is 2. The van der Waals surface area contributed by atoms with Crippen molar-refractivity contribution in [1.29, 1.82) is 0 Å². The van der Waals surface area contributed by atoms with Gasteiger partial charge in [-0.15, -0.1) is 0 Å². The molecule has 6 nitrogen and oxygen atoms in total. The van der Waals surface area contributed by atoms with Crippen LogP contribution in [0.4, 0.5) is 0 Å². The maximum absolute atomic E-state index is 12.6. The molecule has 0 saturated carbocycles. The molecule has 26 heavy (non-hydrogen) atoms. The Morgan fingerprint density at radius 1 is 1.27 bits per heavy atom. The van der Waals surface area contributed by atoms with E-state index >= 15 is 0 Å².